The van der Waals surface area contributed by atoms with Gasteiger partial charge in [0.2, 0.25) is 0 Å². The molecule has 1 rings (SSSR count). The molecule has 0 unspecified atom stereocenters. The number of rotatable bonds is 3. The highest BCUT2D eigenvalue weighted by molar-refractivity contribution is 5.80. The molecule has 0 aromatic carbocycles. The molecule has 0 radical (unpaired) electrons. The Morgan fingerprint density at radius 2 is 2.00 bits per heavy atom. The van der Waals surface area contributed by atoms with E-state index in [0.717, 1.165) is 19.4 Å². The summed E-state index contributed by atoms with van der Waals surface area (Å²) in [6.07, 6.45) is 3.29. The number of carbonyl (C=O) groups excluding carboxylic acids is 1. The molecule has 0 amide bonds. The van der Waals surface area contributed by atoms with E-state index >= 15 is 0 Å². The van der Waals surface area contributed by atoms with Crippen LogP contribution < -0.4 is 5.73 Å². The number of hydrogen-bond acceptors (Lipinski definition) is 4. The number of nitrogens with two attached hydrogens (primary N) is 1. The second-order valence-electron chi connectivity index (χ2n) is 4.05. The van der Waals surface area contributed by atoms with Crippen LogP contribution >= 0.6 is 0 Å². The fourth-order valence-electron chi connectivity index (χ4n) is 2.00. The quantitative estimate of drug-likeness (QED) is 0.682. The summed E-state index contributed by atoms with van der Waals surface area (Å²) < 4.78 is 9.77. The predicted molar refractivity (Wildman–Crippen MR) is 52.8 cm³/mol. The van der Waals surface area contributed by atoms with E-state index in [1.54, 1.807) is 7.11 Å². The lowest BCUT2D eigenvalue weighted by Crippen LogP contribution is -2.51. The van der Waals surface area contributed by atoms with Gasteiger partial charge in [0.1, 0.15) is 5.54 Å². The summed E-state index contributed by atoms with van der Waals surface area (Å²) in [4.78, 5) is 11.4. The summed E-state index contributed by atoms with van der Waals surface area (Å²) in [6, 6.07) is 0. The van der Waals surface area contributed by atoms with Crippen molar-refractivity contribution in [1.82, 2.24) is 0 Å². The molecule has 4 heteroatoms. The molecule has 82 valence electrons. The number of carbonyl (C=O) groups is 1. The standard InChI is InChI=1S/C10H19NO3/c1-13-7-8-3-5-10(11,6-4-8)9(12)14-2/h8H,3-7,11H2,1-2H3/t8-,10-. The van der Waals surface area contributed by atoms with Gasteiger partial charge in [-0.15, -0.1) is 0 Å². The molecule has 0 aromatic rings. The van der Waals surface area contributed by atoms with Gasteiger partial charge in [0.15, 0.2) is 0 Å². The zero-order valence-corrected chi connectivity index (χ0v) is 8.91. The first-order chi connectivity index (χ1) is 6.62. The smallest absolute Gasteiger partial charge is 0.325 e. The lowest BCUT2D eigenvalue weighted by Gasteiger charge is -2.34. The van der Waals surface area contributed by atoms with Crippen LogP contribution in [-0.4, -0.2) is 32.3 Å². The Bertz CT molecular complexity index is 198. The summed E-state index contributed by atoms with van der Waals surface area (Å²) in [7, 11) is 3.09. The third-order valence-electron chi connectivity index (χ3n) is 2.99. The Kier molecular flexibility index (Phi) is 3.89. The van der Waals surface area contributed by atoms with Gasteiger partial charge in [0, 0.05) is 13.7 Å². The second kappa shape index (κ2) is 4.75. The van der Waals surface area contributed by atoms with E-state index in [-0.39, 0.29) is 5.97 Å². The number of hydrogen-bond donors (Lipinski definition) is 1. The van der Waals surface area contributed by atoms with Gasteiger partial charge in [-0.05, 0) is 31.6 Å². The van der Waals surface area contributed by atoms with Crippen LogP contribution in [0.1, 0.15) is 25.7 Å². The molecule has 1 aliphatic carbocycles. The molecule has 0 bridgehead atoms. The molecule has 0 aromatic heterocycles. The average molecular weight is 201 g/mol. The highest BCUT2D eigenvalue weighted by atomic mass is 16.5. The lowest BCUT2D eigenvalue weighted by molar-refractivity contribution is -0.148. The number of ether oxygens (including phenoxy) is 2. The van der Waals surface area contributed by atoms with Crippen molar-refractivity contribution in [3.05, 3.63) is 0 Å². The summed E-state index contributed by atoms with van der Waals surface area (Å²) >= 11 is 0. The van der Waals surface area contributed by atoms with E-state index < -0.39 is 5.54 Å². The molecule has 0 spiro atoms. The van der Waals surface area contributed by atoms with Crippen LogP contribution in [0.3, 0.4) is 0 Å². The van der Waals surface area contributed by atoms with Crippen molar-refractivity contribution in [1.29, 1.82) is 0 Å². The SMILES string of the molecule is COC[C@H]1CC[C@@](N)(C(=O)OC)CC1. The van der Waals surface area contributed by atoms with E-state index in [2.05, 4.69) is 0 Å². The largest absolute Gasteiger partial charge is 0.468 e. The molecular weight excluding hydrogens is 182 g/mol. The summed E-state index contributed by atoms with van der Waals surface area (Å²) in [5.41, 5.74) is 5.21. The molecule has 0 aliphatic heterocycles. The molecule has 2 N–H and O–H groups in total. The Labute approximate surface area is 84.7 Å². The molecule has 1 fully saturated rings. The Balaban J connectivity index is 2.44. The first-order valence-electron chi connectivity index (χ1n) is 4.98. The minimum absolute atomic E-state index is 0.284. The molecule has 4 nitrogen and oxygen atoms in total. The van der Waals surface area contributed by atoms with Gasteiger partial charge in [-0.3, -0.25) is 4.79 Å². The first-order valence-corrected chi connectivity index (χ1v) is 4.98. The fourth-order valence-corrected chi connectivity index (χ4v) is 2.00. The van der Waals surface area contributed by atoms with Gasteiger partial charge in [0.25, 0.3) is 0 Å². The summed E-state index contributed by atoms with van der Waals surface area (Å²) in [5.74, 6) is 0.259. The van der Waals surface area contributed by atoms with Gasteiger partial charge in [-0.25, -0.2) is 0 Å². The van der Waals surface area contributed by atoms with Gasteiger partial charge in [0.05, 0.1) is 7.11 Å². The van der Waals surface area contributed by atoms with Crippen LogP contribution in [-0.2, 0) is 14.3 Å². The molecule has 1 aliphatic rings. The number of esters is 1. The van der Waals surface area contributed by atoms with Crippen LogP contribution in [0.15, 0.2) is 0 Å². The van der Waals surface area contributed by atoms with Crippen LogP contribution in [0.2, 0.25) is 0 Å². The predicted octanol–water partition coefficient (Wildman–Crippen LogP) is 0.694. The van der Waals surface area contributed by atoms with Gasteiger partial charge < -0.3 is 15.2 Å². The lowest BCUT2D eigenvalue weighted by atomic mass is 9.77. The molecule has 1 saturated carbocycles. The minimum Gasteiger partial charge on any atom is -0.468 e. The highest BCUT2D eigenvalue weighted by Crippen LogP contribution is 2.31. The molecule has 0 atom stereocenters. The first kappa shape index (κ1) is 11.5. The monoisotopic (exact) mass is 201 g/mol. The highest BCUT2D eigenvalue weighted by Gasteiger charge is 2.38. The van der Waals surface area contributed by atoms with Crippen molar-refractivity contribution in [2.24, 2.45) is 11.7 Å². The second-order valence-corrected chi connectivity index (χ2v) is 4.05. The summed E-state index contributed by atoms with van der Waals surface area (Å²) in [5, 5.41) is 0. The third kappa shape index (κ3) is 2.45. The van der Waals surface area contributed by atoms with Crippen molar-refractivity contribution in [2.45, 2.75) is 31.2 Å². The van der Waals surface area contributed by atoms with Crippen molar-refractivity contribution >= 4 is 5.97 Å². The maximum atomic E-state index is 11.4. The minimum atomic E-state index is -0.751. The summed E-state index contributed by atoms with van der Waals surface area (Å²) in [6.45, 7) is 0.761. The van der Waals surface area contributed by atoms with Gasteiger partial charge >= 0.3 is 5.97 Å². The van der Waals surface area contributed by atoms with Crippen molar-refractivity contribution in [3.8, 4) is 0 Å². The fraction of sp³-hybridized carbons (Fsp3) is 0.900. The Morgan fingerprint density at radius 3 is 2.43 bits per heavy atom. The van der Waals surface area contributed by atoms with Crippen LogP contribution in [0, 0.1) is 5.92 Å². The topological polar surface area (TPSA) is 61.5 Å². The molecular formula is C10H19NO3. The van der Waals surface area contributed by atoms with Crippen molar-refractivity contribution < 1.29 is 14.3 Å². The zero-order valence-electron chi connectivity index (χ0n) is 8.91. The maximum absolute atomic E-state index is 11.4. The van der Waals surface area contributed by atoms with Crippen LogP contribution in [0.25, 0.3) is 0 Å². The molecule has 14 heavy (non-hydrogen) atoms. The van der Waals surface area contributed by atoms with Crippen LogP contribution in [0.5, 0.6) is 0 Å². The zero-order chi connectivity index (χ0) is 10.6. The average Bonchev–Trinajstić information content (AvgIpc) is 2.21. The van der Waals surface area contributed by atoms with E-state index in [4.69, 9.17) is 15.2 Å². The maximum Gasteiger partial charge on any atom is 0.325 e. The Morgan fingerprint density at radius 1 is 1.43 bits per heavy atom. The van der Waals surface area contributed by atoms with Gasteiger partial charge in [-0.2, -0.15) is 0 Å². The van der Waals surface area contributed by atoms with Crippen molar-refractivity contribution in [2.75, 3.05) is 20.8 Å². The Hall–Kier alpha value is -0.610. The third-order valence-corrected chi connectivity index (χ3v) is 2.99. The van der Waals surface area contributed by atoms with Crippen LogP contribution in [0.4, 0.5) is 0 Å². The van der Waals surface area contributed by atoms with E-state index in [9.17, 15) is 4.79 Å². The normalized spacial score (nSPS) is 32.6. The molecule has 0 heterocycles. The van der Waals surface area contributed by atoms with E-state index in [1.165, 1.54) is 7.11 Å². The van der Waals surface area contributed by atoms with E-state index in [0.29, 0.717) is 18.8 Å². The molecule has 0 saturated heterocycles. The van der Waals surface area contributed by atoms with Gasteiger partial charge in [-0.1, -0.05) is 0 Å². The number of methoxy groups -OCH3 is 2. The van der Waals surface area contributed by atoms with Crippen molar-refractivity contribution in [3.63, 3.8) is 0 Å². The van der Waals surface area contributed by atoms with E-state index in [1.807, 2.05) is 0 Å².